The van der Waals surface area contributed by atoms with Crippen molar-refractivity contribution in [3.8, 4) is 6.07 Å². The van der Waals surface area contributed by atoms with Crippen LogP contribution in [0.1, 0.15) is 11.3 Å². The number of pyridine rings is 1. The van der Waals surface area contributed by atoms with Crippen LogP contribution >= 0.6 is 11.3 Å². The van der Waals surface area contributed by atoms with E-state index >= 15 is 0 Å². The molecule has 2 aromatic heterocycles. The van der Waals surface area contributed by atoms with Crippen LogP contribution in [-0.4, -0.2) is 23.9 Å². The van der Waals surface area contributed by atoms with Crippen molar-refractivity contribution in [1.82, 2.24) is 4.98 Å². The summed E-state index contributed by atoms with van der Waals surface area (Å²) in [4.78, 5) is 6.68. The molecule has 1 aliphatic heterocycles. The smallest absolute Gasteiger partial charge is 0.113 e. The van der Waals surface area contributed by atoms with Crippen LogP contribution in [0, 0.1) is 11.3 Å². The second kappa shape index (κ2) is 6.75. The number of nitriles is 1. The average molecular weight is 345 g/mol. The monoisotopic (exact) mass is 345 g/mol. The van der Waals surface area contributed by atoms with Crippen molar-refractivity contribution in [3.05, 3.63) is 76.7 Å². The fourth-order valence-corrected chi connectivity index (χ4v) is 3.46. The summed E-state index contributed by atoms with van der Waals surface area (Å²) >= 11 is 1.67. The highest BCUT2D eigenvalue weighted by Gasteiger charge is 2.24. The first-order chi connectivity index (χ1) is 12.3. The van der Waals surface area contributed by atoms with E-state index in [2.05, 4.69) is 32.8 Å². The van der Waals surface area contributed by atoms with Gasteiger partial charge in [-0.2, -0.15) is 21.7 Å². The Morgan fingerprint density at radius 3 is 2.72 bits per heavy atom. The lowest BCUT2D eigenvalue weighted by Crippen LogP contribution is -2.44. The van der Waals surface area contributed by atoms with Crippen molar-refractivity contribution >= 4 is 28.4 Å². The molecule has 0 saturated heterocycles. The summed E-state index contributed by atoms with van der Waals surface area (Å²) in [6.45, 7) is 1.27. The molecule has 0 amide bonds. The Morgan fingerprint density at radius 2 is 1.96 bits per heavy atom. The molecule has 0 bridgehead atoms. The van der Waals surface area contributed by atoms with Gasteiger partial charge in [-0.3, -0.25) is 4.98 Å². The second-order valence-electron chi connectivity index (χ2n) is 5.61. The van der Waals surface area contributed by atoms with E-state index in [4.69, 9.17) is 5.10 Å². The fraction of sp³-hybridized carbons (Fsp3) is 0.105. The molecule has 25 heavy (non-hydrogen) atoms. The Bertz CT molecular complexity index is 928. The first-order valence-corrected chi connectivity index (χ1v) is 8.82. The summed E-state index contributed by atoms with van der Waals surface area (Å²) < 4.78 is 0. The first kappa shape index (κ1) is 15.4. The number of aromatic nitrogens is 1. The van der Waals surface area contributed by atoms with E-state index in [0.29, 0.717) is 18.8 Å². The lowest BCUT2D eigenvalue weighted by molar-refractivity contribution is 0.756. The number of hydrogen-bond acceptors (Lipinski definition) is 6. The number of para-hydroxylation sites is 1. The molecule has 1 aromatic carbocycles. The van der Waals surface area contributed by atoms with E-state index in [1.165, 1.54) is 0 Å². The van der Waals surface area contributed by atoms with E-state index in [-0.39, 0.29) is 0 Å². The molecule has 0 N–H and O–H groups in total. The standard InChI is InChI=1S/C19H15N5S/c20-11-15-5-1-2-7-19(15)24-14-23(16-8-10-25-13-16)12-18(22-24)17-6-3-4-9-21-17/h1-10,13H,12,14H2. The van der Waals surface area contributed by atoms with Crippen molar-refractivity contribution in [1.29, 1.82) is 5.26 Å². The molecule has 1 aliphatic rings. The van der Waals surface area contributed by atoms with Gasteiger partial charge in [0.05, 0.1) is 23.5 Å². The SMILES string of the molecule is N#Cc1ccccc1N1CN(c2ccsc2)CC(c2ccccn2)=N1. The van der Waals surface area contributed by atoms with Gasteiger partial charge in [0.1, 0.15) is 18.4 Å². The maximum Gasteiger partial charge on any atom is 0.113 e. The van der Waals surface area contributed by atoms with Crippen LogP contribution in [-0.2, 0) is 0 Å². The Morgan fingerprint density at radius 1 is 1.08 bits per heavy atom. The highest BCUT2D eigenvalue weighted by atomic mass is 32.1. The summed E-state index contributed by atoms with van der Waals surface area (Å²) in [5, 5.41) is 20.3. The van der Waals surface area contributed by atoms with Gasteiger partial charge in [-0.05, 0) is 35.7 Å². The molecular weight excluding hydrogens is 330 g/mol. The largest absolute Gasteiger partial charge is 0.345 e. The van der Waals surface area contributed by atoms with Crippen molar-refractivity contribution in [2.24, 2.45) is 5.10 Å². The molecule has 3 aromatic rings. The van der Waals surface area contributed by atoms with Gasteiger partial charge in [0, 0.05) is 17.3 Å². The zero-order chi connectivity index (χ0) is 17.1. The quantitative estimate of drug-likeness (QED) is 0.726. The van der Waals surface area contributed by atoms with Crippen LogP contribution < -0.4 is 9.91 Å². The minimum Gasteiger partial charge on any atom is -0.345 e. The third-order valence-corrected chi connectivity index (χ3v) is 4.69. The number of nitrogens with zero attached hydrogens (tertiary/aromatic N) is 5. The third-order valence-electron chi connectivity index (χ3n) is 4.02. The van der Waals surface area contributed by atoms with Crippen molar-refractivity contribution in [2.45, 2.75) is 0 Å². The van der Waals surface area contributed by atoms with Gasteiger partial charge in [-0.25, -0.2) is 5.01 Å². The third kappa shape index (κ3) is 3.10. The normalized spacial score (nSPS) is 14.1. The van der Waals surface area contributed by atoms with Crippen LogP contribution in [0.15, 0.2) is 70.6 Å². The summed E-state index contributed by atoms with van der Waals surface area (Å²) in [6.07, 6.45) is 1.77. The zero-order valence-electron chi connectivity index (χ0n) is 13.4. The number of hydrogen-bond donors (Lipinski definition) is 0. The lowest BCUT2D eigenvalue weighted by atomic mass is 10.1. The molecular formula is C19H15N5S. The number of rotatable bonds is 3. The topological polar surface area (TPSA) is 55.5 Å². The minimum atomic E-state index is 0.589. The summed E-state index contributed by atoms with van der Waals surface area (Å²) in [6, 6.07) is 17.7. The van der Waals surface area contributed by atoms with Crippen molar-refractivity contribution in [2.75, 3.05) is 23.1 Å². The van der Waals surface area contributed by atoms with Gasteiger partial charge in [-0.1, -0.05) is 18.2 Å². The van der Waals surface area contributed by atoms with Gasteiger partial charge >= 0.3 is 0 Å². The molecule has 5 nitrogen and oxygen atoms in total. The molecule has 122 valence electrons. The van der Waals surface area contributed by atoms with E-state index < -0.39 is 0 Å². The first-order valence-electron chi connectivity index (χ1n) is 7.88. The van der Waals surface area contributed by atoms with Crippen molar-refractivity contribution < 1.29 is 0 Å². The maximum absolute atomic E-state index is 9.43. The molecule has 6 heteroatoms. The fourth-order valence-electron chi connectivity index (χ4n) is 2.80. The van der Waals surface area contributed by atoms with Crippen molar-refractivity contribution in [3.63, 3.8) is 0 Å². The molecule has 0 unspecified atom stereocenters. The summed E-state index contributed by atoms with van der Waals surface area (Å²) in [5.41, 5.74) is 4.29. The predicted octanol–water partition coefficient (Wildman–Crippen LogP) is 3.70. The summed E-state index contributed by atoms with van der Waals surface area (Å²) in [5.74, 6) is 0. The number of thiophene rings is 1. The van der Waals surface area contributed by atoms with Crippen LogP contribution in [0.2, 0.25) is 0 Å². The van der Waals surface area contributed by atoms with Gasteiger partial charge in [0.15, 0.2) is 0 Å². The molecule has 0 fully saturated rings. The number of benzene rings is 1. The molecule has 0 spiro atoms. The summed E-state index contributed by atoms with van der Waals surface area (Å²) in [7, 11) is 0. The molecule has 0 aliphatic carbocycles. The number of anilines is 2. The van der Waals surface area contributed by atoms with E-state index in [1.807, 2.05) is 47.5 Å². The molecule has 0 saturated carbocycles. The molecule has 0 atom stereocenters. The lowest BCUT2D eigenvalue weighted by Gasteiger charge is -2.35. The van der Waals surface area contributed by atoms with E-state index in [0.717, 1.165) is 22.8 Å². The van der Waals surface area contributed by atoms with Gasteiger partial charge in [0.2, 0.25) is 0 Å². The van der Waals surface area contributed by atoms with Gasteiger partial charge in [0.25, 0.3) is 0 Å². The molecule has 0 radical (unpaired) electrons. The van der Waals surface area contributed by atoms with E-state index in [9.17, 15) is 5.26 Å². The highest BCUT2D eigenvalue weighted by molar-refractivity contribution is 7.08. The van der Waals surface area contributed by atoms with Gasteiger partial charge in [-0.15, -0.1) is 0 Å². The van der Waals surface area contributed by atoms with Crippen LogP contribution in [0.25, 0.3) is 0 Å². The maximum atomic E-state index is 9.43. The Hall–Kier alpha value is -3.17. The highest BCUT2D eigenvalue weighted by Crippen LogP contribution is 2.27. The Balaban J connectivity index is 1.78. The average Bonchev–Trinajstić information content (AvgIpc) is 3.23. The zero-order valence-corrected chi connectivity index (χ0v) is 14.2. The van der Waals surface area contributed by atoms with Crippen LogP contribution in [0.5, 0.6) is 0 Å². The Kier molecular flexibility index (Phi) is 4.15. The predicted molar refractivity (Wildman–Crippen MR) is 101 cm³/mol. The van der Waals surface area contributed by atoms with Crippen LogP contribution in [0.4, 0.5) is 11.4 Å². The molecule has 4 rings (SSSR count). The molecule has 3 heterocycles. The second-order valence-corrected chi connectivity index (χ2v) is 6.39. The number of hydrazone groups is 1. The van der Waals surface area contributed by atoms with Crippen LogP contribution in [0.3, 0.4) is 0 Å². The Labute approximate surface area is 150 Å². The van der Waals surface area contributed by atoms with E-state index in [1.54, 1.807) is 17.5 Å². The minimum absolute atomic E-state index is 0.589. The van der Waals surface area contributed by atoms with Gasteiger partial charge < -0.3 is 4.90 Å².